The summed E-state index contributed by atoms with van der Waals surface area (Å²) in [5, 5.41) is 0. The number of fused-ring (bicyclic) bond motifs is 1. The molecule has 0 saturated heterocycles. The highest BCUT2D eigenvalue weighted by Gasteiger charge is 2.21. The van der Waals surface area contributed by atoms with Gasteiger partial charge in [-0.3, -0.25) is 0 Å². The van der Waals surface area contributed by atoms with Gasteiger partial charge in [0.1, 0.15) is 10.7 Å². The minimum Gasteiger partial charge on any atom is -0.207 e. The molecule has 6 heteroatoms. The minimum absolute atomic E-state index is 0.416. The van der Waals surface area contributed by atoms with Gasteiger partial charge in [0.15, 0.2) is 0 Å². The largest absolute Gasteiger partial charge is 0.264 e. The second-order valence-electron chi connectivity index (χ2n) is 2.93. The second kappa shape index (κ2) is 3.40. The fraction of sp³-hybridized carbons (Fsp3) is 0.250. The van der Waals surface area contributed by atoms with E-state index in [1.54, 1.807) is 0 Å². The van der Waals surface area contributed by atoms with Crippen LogP contribution < -0.4 is 0 Å². The minimum atomic E-state index is -3.97. The van der Waals surface area contributed by atoms with Crippen LogP contribution in [0.1, 0.15) is 5.56 Å². The zero-order valence-electron chi connectivity index (χ0n) is 6.96. The molecule has 76 valence electrons. The van der Waals surface area contributed by atoms with E-state index < -0.39 is 19.8 Å². The van der Waals surface area contributed by atoms with Gasteiger partial charge in [0.2, 0.25) is 0 Å². The highest BCUT2D eigenvalue weighted by atomic mass is 35.7. The Hall–Kier alpha value is -0.260. The molecule has 2 rings (SSSR count). The summed E-state index contributed by atoms with van der Waals surface area (Å²) in [6.45, 7) is 0. The average molecular weight is 253 g/mol. The molecule has 0 amide bonds. The quantitative estimate of drug-likeness (QED) is 0.720. The first-order valence-corrected chi connectivity index (χ1v) is 7.18. The zero-order chi connectivity index (χ0) is 10.3. The lowest BCUT2D eigenvalue weighted by Crippen LogP contribution is -1.97. The molecule has 0 unspecified atom stereocenters. The Morgan fingerprint density at radius 1 is 1.43 bits per heavy atom. The van der Waals surface area contributed by atoms with E-state index in [-0.39, 0.29) is 0 Å². The van der Waals surface area contributed by atoms with Gasteiger partial charge in [0.05, 0.1) is 0 Å². The first kappa shape index (κ1) is 10.3. The van der Waals surface area contributed by atoms with Crippen LogP contribution in [0.4, 0.5) is 4.39 Å². The van der Waals surface area contributed by atoms with Crippen LogP contribution in [0.2, 0.25) is 0 Å². The third-order valence-corrected chi connectivity index (χ3v) is 4.44. The predicted molar refractivity (Wildman–Crippen MR) is 53.9 cm³/mol. The van der Waals surface area contributed by atoms with Crippen molar-refractivity contribution < 1.29 is 12.8 Å². The van der Waals surface area contributed by atoms with Crippen molar-refractivity contribution in [1.29, 1.82) is 0 Å². The summed E-state index contributed by atoms with van der Waals surface area (Å²) in [5.74, 6) is 0.0914. The summed E-state index contributed by atoms with van der Waals surface area (Å²) in [6, 6.07) is 2.56. The summed E-state index contributed by atoms with van der Waals surface area (Å²) < 4.78 is 35.2. The lowest BCUT2D eigenvalue weighted by atomic mass is 10.2. The smallest absolute Gasteiger partial charge is 0.207 e. The zero-order valence-corrected chi connectivity index (χ0v) is 9.35. The lowest BCUT2D eigenvalue weighted by molar-refractivity contribution is 0.572. The standard InChI is InChI=1S/C8H6ClFO2S2/c9-14(11,12)8-3-5-1-2-13-7(5)4-6(8)10/h3-4H,1-2H2. The Morgan fingerprint density at radius 3 is 2.79 bits per heavy atom. The maximum atomic E-state index is 13.3. The second-order valence-corrected chi connectivity index (χ2v) is 6.60. The van der Waals surface area contributed by atoms with E-state index in [9.17, 15) is 12.8 Å². The Bertz CT molecular complexity index is 484. The van der Waals surface area contributed by atoms with Gasteiger partial charge in [-0.15, -0.1) is 11.8 Å². The molecule has 0 bridgehead atoms. The molecule has 0 aromatic heterocycles. The molecule has 0 saturated carbocycles. The van der Waals surface area contributed by atoms with Crippen LogP contribution in [-0.4, -0.2) is 14.2 Å². The van der Waals surface area contributed by atoms with Crippen LogP contribution >= 0.6 is 22.4 Å². The first-order chi connectivity index (χ1) is 6.48. The lowest BCUT2D eigenvalue weighted by Gasteiger charge is -2.02. The fourth-order valence-electron chi connectivity index (χ4n) is 1.36. The molecule has 0 spiro atoms. The molecule has 1 heterocycles. The van der Waals surface area contributed by atoms with Crippen molar-refractivity contribution in [2.75, 3.05) is 5.75 Å². The number of rotatable bonds is 1. The van der Waals surface area contributed by atoms with E-state index in [1.807, 2.05) is 0 Å². The monoisotopic (exact) mass is 252 g/mol. The van der Waals surface area contributed by atoms with Gasteiger partial charge in [-0.05, 0) is 24.1 Å². The first-order valence-electron chi connectivity index (χ1n) is 3.88. The highest BCUT2D eigenvalue weighted by molar-refractivity contribution is 8.13. The Morgan fingerprint density at radius 2 is 2.14 bits per heavy atom. The highest BCUT2D eigenvalue weighted by Crippen LogP contribution is 2.34. The predicted octanol–water partition coefficient (Wildman–Crippen LogP) is 2.40. The van der Waals surface area contributed by atoms with Crippen LogP contribution in [0.15, 0.2) is 21.9 Å². The third kappa shape index (κ3) is 1.76. The van der Waals surface area contributed by atoms with Gasteiger partial charge >= 0.3 is 0 Å². The fourth-order valence-corrected chi connectivity index (χ4v) is 3.37. The molecular weight excluding hydrogens is 247 g/mol. The van der Waals surface area contributed by atoms with Gasteiger partial charge in [0.25, 0.3) is 9.05 Å². The number of hydrogen-bond acceptors (Lipinski definition) is 3. The average Bonchev–Trinajstić information content (AvgIpc) is 2.47. The number of halogens is 2. The van der Waals surface area contributed by atoms with Gasteiger partial charge in [-0.1, -0.05) is 0 Å². The van der Waals surface area contributed by atoms with Crippen LogP contribution in [0.3, 0.4) is 0 Å². The van der Waals surface area contributed by atoms with Crippen molar-refractivity contribution in [1.82, 2.24) is 0 Å². The third-order valence-electron chi connectivity index (χ3n) is 2.01. The molecule has 1 aromatic rings. The van der Waals surface area contributed by atoms with E-state index in [1.165, 1.54) is 23.9 Å². The molecule has 0 N–H and O–H groups in total. The van der Waals surface area contributed by atoms with Gasteiger partial charge in [-0.2, -0.15) is 0 Å². The normalized spacial score (nSPS) is 15.6. The molecule has 1 aliphatic heterocycles. The van der Waals surface area contributed by atoms with Crippen molar-refractivity contribution in [2.45, 2.75) is 16.2 Å². The van der Waals surface area contributed by atoms with Gasteiger partial charge in [0, 0.05) is 21.3 Å². The summed E-state index contributed by atoms with van der Waals surface area (Å²) >= 11 is 1.52. The van der Waals surface area contributed by atoms with E-state index in [0.717, 1.165) is 22.6 Å². The Labute approximate surface area is 89.9 Å². The topological polar surface area (TPSA) is 34.1 Å². The number of hydrogen-bond donors (Lipinski definition) is 0. The number of benzene rings is 1. The maximum Gasteiger partial charge on any atom is 0.264 e. The van der Waals surface area contributed by atoms with Gasteiger partial charge < -0.3 is 0 Å². The van der Waals surface area contributed by atoms with E-state index >= 15 is 0 Å². The molecule has 1 aliphatic rings. The molecular formula is C8H6ClFO2S2. The van der Waals surface area contributed by atoms with Crippen LogP contribution in [0.5, 0.6) is 0 Å². The van der Waals surface area contributed by atoms with Crippen molar-refractivity contribution in [3.05, 3.63) is 23.5 Å². The summed E-state index contributed by atoms with van der Waals surface area (Å²) in [5.41, 5.74) is 0.857. The molecule has 2 nitrogen and oxygen atoms in total. The molecule has 0 aliphatic carbocycles. The Kier molecular flexibility index (Phi) is 2.49. The number of aryl methyl sites for hydroxylation is 1. The Balaban J connectivity index is 2.65. The molecule has 1 aromatic carbocycles. The van der Waals surface area contributed by atoms with Crippen molar-refractivity contribution in [3.63, 3.8) is 0 Å². The molecule has 0 radical (unpaired) electrons. The number of thioether (sulfide) groups is 1. The summed E-state index contributed by atoms with van der Waals surface area (Å²) in [7, 11) is 1.12. The molecule has 14 heavy (non-hydrogen) atoms. The molecule has 0 atom stereocenters. The van der Waals surface area contributed by atoms with Gasteiger partial charge in [-0.25, -0.2) is 12.8 Å². The van der Waals surface area contributed by atoms with Crippen molar-refractivity contribution in [2.24, 2.45) is 0 Å². The summed E-state index contributed by atoms with van der Waals surface area (Å²) in [6.07, 6.45) is 0.764. The van der Waals surface area contributed by atoms with Crippen LogP contribution in [-0.2, 0) is 15.5 Å². The van der Waals surface area contributed by atoms with E-state index in [4.69, 9.17) is 10.7 Å². The SMILES string of the molecule is O=S(=O)(Cl)c1cc2c(cc1F)SCC2. The van der Waals surface area contributed by atoms with Crippen LogP contribution in [0, 0.1) is 5.82 Å². The van der Waals surface area contributed by atoms with E-state index in [0.29, 0.717) is 0 Å². The van der Waals surface area contributed by atoms with E-state index in [2.05, 4.69) is 0 Å². The maximum absolute atomic E-state index is 13.3. The summed E-state index contributed by atoms with van der Waals surface area (Å²) in [4.78, 5) is 0.395. The van der Waals surface area contributed by atoms with Crippen LogP contribution in [0.25, 0.3) is 0 Å². The molecule has 0 fully saturated rings. The van der Waals surface area contributed by atoms with Crippen molar-refractivity contribution in [3.8, 4) is 0 Å². The van der Waals surface area contributed by atoms with Crippen molar-refractivity contribution >= 4 is 31.5 Å².